The van der Waals surface area contributed by atoms with Gasteiger partial charge in [-0.05, 0) is 37.8 Å². The summed E-state index contributed by atoms with van der Waals surface area (Å²) >= 11 is 0. The van der Waals surface area contributed by atoms with Gasteiger partial charge in [-0.1, -0.05) is 0 Å². The minimum Gasteiger partial charge on any atom is -0.505 e. The Kier molecular flexibility index (Phi) is 4.74. The minimum absolute atomic E-state index is 0.163. The predicted molar refractivity (Wildman–Crippen MR) is 69.5 cm³/mol. The molecule has 0 aliphatic carbocycles. The fraction of sp³-hybridized carbons (Fsp3) is 0.500. The Balaban J connectivity index is 1.78. The number of benzene rings is 1. The van der Waals surface area contributed by atoms with Crippen molar-refractivity contribution >= 4 is 11.6 Å². The molecule has 1 heterocycles. The number of rotatable bonds is 4. The van der Waals surface area contributed by atoms with Crippen molar-refractivity contribution in [3.63, 3.8) is 0 Å². The van der Waals surface area contributed by atoms with Crippen LogP contribution in [0.15, 0.2) is 18.2 Å². The molecule has 1 saturated heterocycles. The lowest BCUT2D eigenvalue weighted by molar-refractivity contribution is -0.117. The van der Waals surface area contributed by atoms with E-state index in [-0.39, 0.29) is 12.0 Å². The van der Waals surface area contributed by atoms with Crippen LogP contribution in [-0.4, -0.2) is 23.7 Å². The van der Waals surface area contributed by atoms with Gasteiger partial charge in [-0.3, -0.25) is 4.79 Å². The number of aromatic hydroxyl groups is 1. The van der Waals surface area contributed by atoms with Crippen molar-refractivity contribution in [3.05, 3.63) is 24.0 Å². The zero-order valence-electron chi connectivity index (χ0n) is 10.7. The van der Waals surface area contributed by atoms with E-state index in [1.54, 1.807) is 0 Å². The number of nitrogens with one attached hydrogen (secondary N) is 1. The van der Waals surface area contributed by atoms with Crippen molar-refractivity contribution in [2.75, 3.05) is 11.9 Å². The Morgan fingerprint density at radius 3 is 3.00 bits per heavy atom. The highest BCUT2D eigenvalue weighted by Gasteiger charge is 2.15. The van der Waals surface area contributed by atoms with Crippen molar-refractivity contribution in [1.82, 2.24) is 0 Å². The summed E-state index contributed by atoms with van der Waals surface area (Å²) in [7, 11) is 0. The maximum Gasteiger partial charge on any atom is 0.224 e. The molecular weight excluding hydrogens is 249 g/mol. The van der Waals surface area contributed by atoms with Crippen molar-refractivity contribution in [1.29, 1.82) is 0 Å². The van der Waals surface area contributed by atoms with Crippen LogP contribution in [-0.2, 0) is 9.53 Å². The molecule has 1 amide bonds. The van der Waals surface area contributed by atoms with E-state index in [0.29, 0.717) is 18.5 Å². The number of halogens is 1. The summed E-state index contributed by atoms with van der Waals surface area (Å²) in [5.41, 5.74) is 0.352. The van der Waals surface area contributed by atoms with E-state index in [4.69, 9.17) is 9.84 Å². The molecule has 2 rings (SSSR count). The first-order chi connectivity index (χ1) is 9.15. The SMILES string of the molecule is O=C(CCC1CCCCO1)Nc1ccc(O)c(F)c1. The molecule has 0 bridgehead atoms. The lowest BCUT2D eigenvalue weighted by Crippen LogP contribution is -2.21. The van der Waals surface area contributed by atoms with E-state index in [2.05, 4.69) is 5.32 Å². The highest BCUT2D eigenvalue weighted by molar-refractivity contribution is 5.90. The van der Waals surface area contributed by atoms with E-state index in [9.17, 15) is 9.18 Å². The smallest absolute Gasteiger partial charge is 0.224 e. The van der Waals surface area contributed by atoms with Gasteiger partial charge in [0.2, 0.25) is 5.91 Å². The normalized spacial score (nSPS) is 19.1. The van der Waals surface area contributed by atoms with E-state index in [0.717, 1.165) is 31.9 Å². The second kappa shape index (κ2) is 6.52. The molecule has 19 heavy (non-hydrogen) atoms. The quantitative estimate of drug-likeness (QED) is 0.825. The molecule has 0 aromatic heterocycles. The topological polar surface area (TPSA) is 58.6 Å². The molecule has 1 aliphatic heterocycles. The van der Waals surface area contributed by atoms with Crippen molar-refractivity contribution in [2.45, 2.75) is 38.2 Å². The predicted octanol–water partition coefficient (Wildman–Crippen LogP) is 2.82. The molecule has 0 spiro atoms. The van der Waals surface area contributed by atoms with Gasteiger partial charge < -0.3 is 15.2 Å². The summed E-state index contributed by atoms with van der Waals surface area (Å²) in [6.45, 7) is 0.773. The fourth-order valence-corrected chi connectivity index (χ4v) is 2.14. The number of phenolic OH excluding ortho intramolecular Hbond substituents is 1. The molecular formula is C14H18FNO3. The molecule has 1 aromatic carbocycles. The van der Waals surface area contributed by atoms with E-state index in [1.165, 1.54) is 12.1 Å². The third-order valence-corrected chi connectivity index (χ3v) is 3.20. The van der Waals surface area contributed by atoms with Gasteiger partial charge in [0.1, 0.15) is 0 Å². The van der Waals surface area contributed by atoms with Crippen LogP contribution in [0.5, 0.6) is 5.75 Å². The van der Waals surface area contributed by atoms with Gasteiger partial charge >= 0.3 is 0 Å². The molecule has 1 aromatic rings. The van der Waals surface area contributed by atoms with Gasteiger partial charge in [-0.15, -0.1) is 0 Å². The van der Waals surface area contributed by atoms with Crippen LogP contribution in [0.25, 0.3) is 0 Å². The number of phenols is 1. The zero-order valence-corrected chi connectivity index (χ0v) is 10.7. The van der Waals surface area contributed by atoms with Crippen LogP contribution in [0.1, 0.15) is 32.1 Å². The molecule has 0 radical (unpaired) electrons. The van der Waals surface area contributed by atoms with Crippen LogP contribution in [0.2, 0.25) is 0 Å². The highest BCUT2D eigenvalue weighted by atomic mass is 19.1. The Hall–Kier alpha value is -1.62. The molecule has 1 aliphatic rings. The molecule has 1 atom stereocenters. The Morgan fingerprint density at radius 2 is 2.32 bits per heavy atom. The monoisotopic (exact) mass is 267 g/mol. The number of amides is 1. The summed E-state index contributed by atoms with van der Waals surface area (Å²) in [6.07, 6.45) is 4.45. The van der Waals surface area contributed by atoms with Gasteiger partial charge in [-0.2, -0.15) is 0 Å². The van der Waals surface area contributed by atoms with Gasteiger partial charge in [0.05, 0.1) is 6.10 Å². The zero-order chi connectivity index (χ0) is 13.7. The van der Waals surface area contributed by atoms with Crippen molar-refractivity contribution in [2.24, 2.45) is 0 Å². The number of hydrogen-bond acceptors (Lipinski definition) is 3. The summed E-state index contributed by atoms with van der Waals surface area (Å²) < 4.78 is 18.6. The minimum atomic E-state index is -0.742. The Labute approximate surface area is 111 Å². The first kappa shape index (κ1) is 13.8. The largest absolute Gasteiger partial charge is 0.505 e. The number of carbonyl (C=O) groups is 1. The van der Waals surface area contributed by atoms with Gasteiger partial charge in [-0.25, -0.2) is 4.39 Å². The van der Waals surface area contributed by atoms with Crippen LogP contribution in [0.3, 0.4) is 0 Å². The molecule has 1 unspecified atom stereocenters. The fourth-order valence-electron chi connectivity index (χ4n) is 2.14. The Bertz CT molecular complexity index is 444. The van der Waals surface area contributed by atoms with E-state index >= 15 is 0 Å². The summed E-state index contributed by atoms with van der Waals surface area (Å²) in [5.74, 6) is -1.33. The lowest BCUT2D eigenvalue weighted by Gasteiger charge is -2.22. The highest BCUT2D eigenvalue weighted by Crippen LogP contribution is 2.20. The van der Waals surface area contributed by atoms with Crippen LogP contribution in [0, 0.1) is 5.82 Å². The third kappa shape index (κ3) is 4.21. The molecule has 5 heteroatoms. The summed E-state index contributed by atoms with van der Waals surface area (Å²) in [6, 6.07) is 3.78. The summed E-state index contributed by atoms with van der Waals surface area (Å²) in [5, 5.41) is 11.7. The molecule has 0 saturated carbocycles. The first-order valence-corrected chi connectivity index (χ1v) is 6.55. The van der Waals surface area contributed by atoms with Gasteiger partial charge in [0, 0.05) is 24.8 Å². The van der Waals surface area contributed by atoms with Crippen LogP contribution in [0.4, 0.5) is 10.1 Å². The lowest BCUT2D eigenvalue weighted by atomic mass is 10.0. The van der Waals surface area contributed by atoms with Crippen molar-refractivity contribution in [3.8, 4) is 5.75 Å². The van der Waals surface area contributed by atoms with Gasteiger partial charge in [0.25, 0.3) is 0 Å². The standard InChI is InChI=1S/C14H18FNO3/c15-12-9-10(4-6-13(12)17)16-14(18)7-5-11-3-1-2-8-19-11/h4,6,9,11,17H,1-3,5,7-8H2,(H,16,18). The van der Waals surface area contributed by atoms with E-state index in [1.807, 2.05) is 0 Å². The average Bonchev–Trinajstić information content (AvgIpc) is 2.42. The second-order valence-electron chi connectivity index (χ2n) is 4.74. The molecule has 104 valence electrons. The average molecular weight is 267 g/mol. The molecule has 2 N–H and O–H groups in total. The number of ether oxygens (including phenoxy) is 1. The maximum atomic E-state index is 13.1. The number of carbonyl (C=O) groups excluding carboxylic acids is 1. The Morgan fingerprint density at radius 1 is 1.47 bits per heavy atom. The maximum absolute atomic E-state index is 13.1. The second-order valence-corrected chi connectivity index (χ2v) is 4.74. The first-order valence-electron chi connectivity index (χ1n) is 6.55. The van der Waals surface area contributed by atoms with Crippen molar-refractivity contribution < 1.29 is 19.0 Å². The number of anilines is 1. The van der Waals surface area contributed by atoms with Crippen LogP contribution < -0.4 is 5.32 Å². The third-order valence-electron chi connectivity index (χ3n) is 3.20. The molecule has 4 nitrogen and oxygen atoms in total. The van der Waals surface area contributed by atoms with E-state index < -0.39 is 11.6 Å². The summed E-state index contributed by atoms with van der Waals surface area (Å²) in [4.78, 5) is 11.7. The van der Waals surface area contributed by atoms with Gasteiger partial charge in [0.15, 0.2) is 11.6 Å². The molecule has 1 fully saturated rings. The number of hydrogen-bond donors (Lipinski definition) is 2. The van der Waals surface area contributed by atoms with Crippen LogP contribution >= 0.6 is 0 Å².